The van der Waals surface area contributed by atoms with Gasteiger partial charge in [0.05, 0.1) is 12.7 Å². The third kappa shape index (κ3) is 3.41. The van der Waals surface area contributed by atoms with Gasteiger partial charge < -0.3 is 10.2 Å². The molecule has 0 aliphatic heterocycles. The molecular formula is C30H50O2. The predicted octanol–water partition coefficient (Wildman–Crippen LogP) is 7.45. The first-order valence-electron chi connectivity index (χ1n) is 13.6. The molecule has 4 rings (SSSR count). The first-order valence-corrected chi connectivity index (χ1v) is 13.6. The van der Waals surface area contributed by atoms with E-state index in [0.717, 1.165) is 30.3 Å². The molecule has 0 unspecified atom stereocenters. The van der Waals surface area contributed by atoms with Crippen molar-refractivity contribution in [2.24, 2.45) is 39.4 Å². The standard InChI is InChI=1S/C30H50O2/c1-20(19-31)9-8-10-21(2)22-13-17-30(7)24-11-12-25-27(3,4)26(32)15-16-28(25,5)23(24)14-18-29(22,30)6/h9,21-22,25-26,31-32H,8,10-19H2,1-7H3/b20-9-/t21-,22-,25-,26-,28+,29-,30+/m0/s1. The highest BCUT2D eigenvalue weighted by Crippen LogP contribution is 2.72. The van der Waals surface area contributed by atoms with E-state index in [2.05, 4.69) is 47.6 Å². The molecule has 2 N–H and O–H groups in total. The van der Waals surface area contributed by atoms with Crippen LogP contribution in [0.15, 0.2) is 22.8 Å². The van der Waals surface area contributed by atoms with Gasteiger partial charge in [-0.2, -0.15) is 0 Å². The van der Waals surface area contributed by atoms with Crippen LogP contribution in [0.3, 0.4) is 0 Å². The van der Waals surface area contributed by atoms with Crippen LogP contribution in [-0.2, 0) is 0 Å². The molecule has 0 aromatic carbocycles. The molecule has 0 aromatic heterocycles. The highest BCUT2D eigenvalue weighted by molar-refractivity contribution is 5.38. The summed E-state index contributed by atoms with van der Waals surface area (Å²) in [6.07, 6.45) is 14.5. The van der Waals surface area contributed by atoms with Crippen LogP contribution in [0.1, 0.15) is 113 Å². The Morgan fingerprint density at radius 1 is 1.00 bits per heavy atom. The second kappa shape index (κ2) is 8.26. The van der Waals surface area contributed by atoms with Crippen molar-refractivity contribution in [2.45, 2.75) is 119 Å². The van der Waals surface area contributed by atoms with E-state index in [1.165, 1.54) is 51.4 Å². The van der Waals surface area contributed by atoms with Gasteiger partial charge in [0.2, 0.25) is 0 Å². The zero-order chi connectivity index (χ0) is 23.5. The van der Waals surface area contributed by atoms with Gasteiger partial charge in [-0.25, -0.2) is 0 Å². The van der Waals surface area contributed by atoms with Crippen LogP contribution in [-0.4, -0.2) is 22.9 Å². The molecule has 0 aromatic rings. The number of allylic oxidation sites excluding steroid dienone is 3. The van der Waals surface area contributed by atoms with Crippen LogP contribution >= 0.6 is 0 Å². The summed E-state index contributed by atoms with van der Waals surface area (Å²) in [7, 11) is 0. The van der Waals surface area contributed by atoms with Crippen LogP contribution in [0.5, 0.6) is 0 Å². The van der Waals surface area contributed by atoms with Gasteiger partial charge in [-0.05, 0) is 111 Å². The molecular weight excluding hydrogens is 392 g/mol. The molecule has 0 radical (unpaired) electrons. The van der Waals surface area contributed by atoms with E-state index in [4.69, 9.17) is 0 Å². The van der Waals surface area contributed by atoms with Crippen molar-refractivity contribution in [1.82, 2.24) is 0 Å². The Morgan fingerprint density at radius 3 is 2.41 bits per heavy atom. The van der Waals surface area contributed by atoms with Gasteiger partial charge in [0.15, 0.2) is 0 Å². The van der Waals surface area contributed by atoms with E-state index < -0.39 is 0 Å². The van der Waals surface area contributed by atoms with Crippen LogP contribution in [0.2, 0.25) is 0 Å². The SMILES string of the molecule is C/C(=C/CC[C@H](C)[C@@H]1CC[C@]2(C)C3=C(CC[C@@]12C)[C@@]1(C)CC[C@H](O)C(C)(C)[C@@H]1CC3)CO. The maximum Gasteiger partial charge on any atom is 0.0639 e. The first kappa shape index (κ1) is 24.5. The minimum absolute atomic E-state index is 0.0279. The van der Waals surface area contributed by atoms with E-state index >= 15 is 0 Å². The summed E-state index contributed by atoms with van der Waals surface area (Å²) in [5, 5.41) is 20.1. The smallest absolute Gasteiger partial charge is 0.0639 e. The van der Waals surface area contributed by atoms with Gasteiger partial charge in [0.1, 0.15) is 0 Å². The second-order valence-corrected chi connectivity index (χ2v) is 13.5. The Balaban J connectivity index is 1.62. The molecule has 0 heterocycles. The number of aliphatic hydroxyl groups is 2. The summed E-state index contributed by atoms with van der Waals surface area (Å²) >= 11 is 0. The number of aliphatic hydroxyl groups excluding tert-OH is 2. The van der Waals surface area contributed by atoms with Crippen LogP contribution < -0.4 is 0 Å². The summed E-state index contributed by atoms with van der Waals surface area (Å²) < 4.78 is 0. The fourth-order valence-electron chi connectivity index (χ4n) is 9.49. The number of hydrogen-bond donors (Lipinski definition) is 2. The van der Waals surface area contributed by atoms with Crippen molar-refractivity contribution in [3.8, 4) is 0 Å². The van der Waals surface area contributed by atoms with Crippen LogP contribution in [0.25, 0.3) is 0 Å². The Hall–Kier alpha value is -0.600. The molecule has 2 saturated carbocycles. The molecule has 0 saturated heterocycles. The van der Waals surface area contributed by atoms with Gasteiger partial charge in [-0.15, -0.1) is 0 Å². The summed E-state index contributed by atoms with van der Waals surface area (Å²) in [5.41, 5.74) is 5.86. The zero-order valence-corrected chi connectivity index (χ0v) is 22.1. The van der Waals surface area contributed by atoms with Crippen LogP contribution in [0.4, 0.5) is 0 Å². The molecule has 0 amide bonds. The molecule has 32 heavy (non-hydrogen) atoms. The largest absolute Gasteiger partial charge is 0.393 e. The number of fused-ring (bicyclic) bond motifs is 4. The van der Waals surface area contributed by atoms with Crippen molar-refractivity contribution in [2.75, 3.05) is 6.61 Å². The summed E-state index contributed by atoms with van der Waals surface area (Å²) in [4.78, 5) is 0. The van der Waals surface area contributed by atoms with Gasteiger partial charge in [-0.1, -0.05) is 64.3 Å². The normalized spacial score (nSPS) is 44.7. The summed E-state index contributed by atoms with van der Waals surface area (Å²) in [6, 6.07) is 0. The van der Waals surface area contributed by atoms with Crippen molar-refractivity contribution >= 4 is 0 Å². The van der Waals surface area contributed by atoms with Crippen molar-refractivity contribution in [3.63, 3.8) is 0 Å². The fourth-order valence-corrected chi connectivity index (χ4v) is 9.49. The lowest BCUT2D eigenvalue weighted by atomic mass is 9.43. The monoisotopic (exact) mass is 442 g/mol. The van der Waals surface area contributed by atoms with E-state index in [1.54, 1.807) is 0 Å². The average molecular weight is 443 g/mol. The molecule has 0 bridgehead atoms. The third-order valence-corrected chi connectivity index (χ3v) is 11.8. The predicted molar refractivity (Wildman–Crippen MR) is 134 cm³/mol. The lowest BCUT2D eigenvalue weighted by Gasteiger charge is -2.62. The van der Waals surface area contributed by atoms with Gasteiger partial charge >= 0.3 is 0 Å². The fraction of sp³-hybridized carbons (Fsp3) is 0.867. The Kier molecular flexibility index (Phi) is 6.33. The maximum atomic E-state index is 10.8. The topological polar surface area (TPSA) is 40.5 Å². The molecule has 2 fully saturated rings. The quantitative estimate of drug-likeness (QED) is 0.434. The number of hydrogen-bond acceptors (Lipinski definition) is 2. The number of rotatable bonds is 5. The highest BCUT2D eigenvalue weighted by atomic mass is 16.3. The Labute approximate surface area is 198 Å². The lowest BCUT2D eigenvalue weighted by molar-refractivity contribution is -0.0962. The van der Waals surface area contributed by atoms with E-state index in [9.17, 15) is 10.2 Å². The molecule has 182 valence electrons. The van der Waals surface area contributed by atoms with E-state index in [0.29, 0.717) is 16.7 Å². The highest BCUT2D eigenvalue weighted by Gasteiger charge is 2.63. The Morgan fingerprint density at radius 2 is 1.72 bits per heavy atom. The second-order valence-electron chi connectivity index (χ2n) is 13.5. The molecule has 2 nitrogen and oxygen atoms in total. The molecule has 7 atom stereocenters. The van der Waals surface area contributed by atoms with E-state index in [-0.39, 0.29) is 23.5 Å². The molecule has 0 spiro atoms. The minimum atomic E-state index is -0.146. The van der Waals surface area contributed by atoms with E-state index in [1.807, 2.05) is 18.1 Å². The van der Waals surface area contributed by atoms with Gasteiger partial charge in [0, 0.05) is 0 Å². The van der Waals surface area contributed by atoms with Crippen molar-refractivity contribution < 1.29 is 10.2 Å². The molecule has 4 aliphatic rings. The Bertz CT molecular complexity index is 791. The maximum absolute atomic E-state index is 10.8. The molecule has 4 aliphatic carbocycles. The van der Waals surface area contributed by atoms with Crippen molar-refractivity contribution in [3.05, 3.63) is 22.8 Å². The van der Waals surface area contributed by atoms with Crippen molar-refractivity contribution in [1.29, 1.82) is 0 Å². The zero-order valence-electron chi connectivity index (χ0n) is 22.1. The van der Waals surface area contributed by atoms with Gasteiger partial charge in [0.25, 0.3) is 0 Å². The van der Waals surface area contributed by atoms with Gasteiger partial charge in [-0.3, -0.25) is 0 Å². The summed E-state index contributed by atoms with van der Waals surface area (Å²) in [6.45, 7) is 17.2. The van der Waals surface area contributed by atoms with Crippen LogP contribution in [0, 0.1) is 39.4 Å². The minimum Gasteiger partial charge on any atom is -0.393 e. The lowest BCUT2D eigenvalue weighted by Crippen LogP contribution is -2.55. The summed E-state index contributed by atoms with van der Waals surface area (Å²) in [5.74, 6) is 2.16. The first-order chi connectivity index (χ1) is 14.9. The average Bonchev–Trinajstić information content (AvgIpc) is 3.02. The molecule has 2 heteroatoms. The third-order valence-electron chi connectivity index (χ3n) is 11.8.